The maximum absolute atomic E-state index is 6.31. The second kappa shape index (κ2) is 7.10. The van der Waals surface area contributed by atoms with Crippen molar-refractivity contribution in [3.05, 3.63) is 77.2 Å². The number of allylic oxidation sites excluding steroid dienone is 1. The molecule has 3 heterocycles. The standard InChI is InChI=1S/C22H22ClN3/c1-3-11-25-12-8-22-20(15-25)19-13-18(23)4-5-21(19)26(22)14-16(2)17-6-9-24-10-7-17/h3-7,9-10,13-14H,1,8,11-12,15H2,2H3/b16-14-. The van der Waals surface area contributed by atoms with Crippen LogP contribution in [0.15, 0.2) is 55.4 Å². The van der Waals surface area contributed by atoms with Crippen LogP contribution in [0.2, 0.25) is 5.02 Å². The second-order valence-electron chi connectivity index (χ2n) is 6.78. The van der Waals surface area contributed by atoms with E-state index in [2.05, 4.69) is 46.3 Å². The van der Waals surface area contributed by atoms with Gasteiger partial charge in [0.1, 0.15) is 0 Å². The van der Waals surface area contributed by atoms with Crippen molar-refractivity contribution in [3.8, 4) is 0 Å². The fourth-order valence-corrected chi connectivity index (χ4v) is 3.96. The van der Waals surface area contributed by atoms with Crippen molar-refractivity contribution in [1.29, 1.82) is 0 Å². The zero-order valence-corrected chi connectivity index (χ0v) is 15.7. The molecular formula is C22H22ClN3. The molecule has 26 heavy (non-hydrogen) atoms. The van der Waals surface area contributed by atoms with E-state index in [9.17, 15) is 0 Å². The Kier molecular flexibility index (Phi) is 4.66. The first-order valence-corrected chi connectivity index (χ1v) is 9.28. The smallest absolute Gasteiger partial charge is 0.0529 e. The van der Waals surface area contributed by atoms with E-state index in [4.69, 9.17) is 11.6 Å². The minimum atomic E-state index is 0.785. The monoisotopic (exact) mass is 363 g/mol. The topological polar surface area (TPSA) is 21.1 Å². The van der Waals surface area contributed by atoms with Crippen molar-refractivity contribution in [2.75, 3.05) is 13.1 Å². The van der Waals surface area contributed by atoms with Crippen molar-refractivity contribution >= 4 is 34.3 Å². The first-order chi connectivity index (χ1) is 12.7. The highest BCUT2D eigenvalue weighted by atomic mass is 35.5. The minimum absolute atomic E-state index is 0.785. The second-order valence-corrected chi connectivity index (χ2v) is 7.21. The molecule has 0 amide bonds. The number of hydrogen-bond donors (Lipinski definition) is 0. The largest absolute Gasteiger partial charge is 0.320 e. The van der Waals surface area contributed by atoms with E-state index in [0.717, 1.165) is 31.1 Å². The van der Waals surface area contributed by atoms with Gasteiger partial charge in [0.25, 0.3) is 0 Å². The van der Waals surface area contributed by atoms with Crippen molar-refractivity contribution < 1.29 is 0 Å². The lowest BCUT2D eigenvalue weighted by Gasteiger charge is -2.26. The van der Waals surface area contributed by atoms with Gasteiger partial charge in [-0.15, -0.1) is 6.58 Å². The fraction of sp³-hybridized carbons (Fsp3) is 0.227. The van der Waals surface area contributed by atoms with E-state index in [1.165, 1.54) is 33.3 Å². The van der Waals surface area contributed by atoms with Gasteiger partial charge in [-0.2, -0.15) is 0 Å². The number of aromatic nitrogens is 2. The van der Waals surface area contributed by atoms with Crippen LogP contribution in [-0.2, 0) is 13.0 Å². The van der Waals surface area contributed by atoms with E-state index >= 15 is 0 Å². The van der Waals surface area contributed by atoms with Gasteiger partial charge in [-0.25, -0.2) is 0 Å². The summed E-state index contributed by atoms with van der Waals surface area (Å²) in [5.74, 6) is 0. The molecule has 1 aromatic carbocycles. The zero-order valence-electron chi connectivity index (χ0n) is 15.0. The summed E-state index contributed by atoms with van der Waals surface area (Å²) in [6, 6.07) is 10.3. The number of halogens is 1. The lowest BCUT2D eigenvalue weighted by molar-refractivity contribution is 0.281. The van der Waals surface area contributed by atoms with Gasteiger partial charge in [0.15, 0.2) is 0 Å². The molecule has 2 aromatic heterocycles. The van der Waals surface area contributed by atoms with E-state index < -0.39 is 0 Å². The normalized spacial score (nSPS) is 15.2. The van der Waals surface area contributed by atoms with Gasteiger partial charge in [0.2, 0.25) is 0 Å². The van der Waals surface area contributed by atoms with Crippen molar-refractivity contribution in [2.45, 2.75) is 19.9 Å². The highest BCUT2D eigenvalue weighted by Gasteiger charge is 2.23. The lowest BCUT2D eigenvalue weighted by atomic mass is 10.0. The van der Waals surface area contributed by atoms with Crippen molar-refractivity contribution in [2.24, 2.45) is 0 Å². The molecule has 0 fully saturated rings. The quantitative estimate of drug-likeness (QED) is 0.590. The van der Waals surface area contributed by atoms with Crippen molar-refractivity contribution in [1.82, 2.24) is 14.5 Å². The van der Waals surface area contributed by atoms with Gasteiger partial charge >= 0.3 is 0 Å². The van der Waals surface area contributed by atoms with Gasteiger partial charge in [-0.1, -0.05) is 17.7 Å². The Morgan fingerprint density at radius 3 is 2.85 bits per heavy atom. The first kappa shape index (κ1) is 17.1. The number of hydrogen-bond acceptors (Lipinski definition) is 2. The molecule has 0 N–H and O–H groups in total. The summed E-state index contributed by atoms with van der Waals surface area (Å²) < 4.78 is 2.35. The van der Waals surface area contributed by atoms with Crippen LogP contribution in [0.3, 0.4) is 0 Å². The predicted octanol–water partition coefficient (Wildman–Crippen LogP) is 5.25. The van der Waals surface area contributed by atoms with E-state index in [0.29, 0.717) is 0 Å². The van der Waals surface area contributed by atoms with Gasteiger partial charge in [0, 0.05) is 60.8 Å². The van der Waals surface area contributed by atoms with Crippen LogP contribution >= 0.6 is 11.6 Å². The third-order valence-corrected chi connectivity index (χ3v) is 5.31. The van der Waals surface area contributed by atoms with Gasteiger partial charge in [-0.05, 0) is 54.0 Å². The average molecular weight is 364 g/mol. The third-order valence-electron chi connectivity index (χ3n) is 5.07. The molecule has 0 radical (unpaired) electrons. The van der Waals surface area contributed by atoms with Crippen molar-refractivity contribution in [3.63, 3.8) is 0 Å². The first-order valence-electron chi connectivity index (χ1n) is 8.90. The minimum Gasteiger partial charge on any atom is -0.320 e. The molecule has 132 valence electrons. The molecule has 0 saturated carbocycles. The van der Waals surface area contributed by atoms with E-state index in [-0.39, 0.29) is 0 Å². The summed E-state index contributed by atoms with van der Waals surface area (Å²) in [7, 11) is 0. The molecule has 0 saturated heterocycles. The molecule has 1 aliphatic heterocycles. The Bertz CT molecular complexity index is 986. The summed E-state index contributed by atoms with van der Waals surface area (Å²) in [5, 5.41) is 2.04. The molecule has 0 bridgehead atoms. The maximum Gasteiger partial charge on any atom is 0.0529 e. The molecule has 0 aliphatic carbocycles. The number of fused-ring (bicyclic) bond motifs is 3. The summed E-state index contributed by atoms with van der Waals surface area (Å²) in [5.41, 5.74) is 6.39. The Labute approximate surface area is 159 Å². The molecule has 0 unspecified atom stereocenters. The van der Waals surface area contributed by atoms with E-state index in [1.807, 2.05) is 36.7 Å². The molecular weight excluding hydrogens is 342 g/mol. The maximum atomic E-state index is 6.31. The fourth-order valence-electron chi connectivity index (χ4n) is 3.79. The van der Waals surface area contributed by atoms with Crippen LogP contribution in [0.5, 0.6) is 0 Å². The summed E-state index contributed by atoms with van der Waals surface area (Å²) in [4.78, 5) is 6.55. The highest BCUT2D eigenvalue weighted by Crippen LogP contribution is 2.34. The zero-order chi connectivity index (χ0) is 18.1. The molecule has 3 nitrogen and oxygen atoms in total. The predicted molar refractivity (Wildman–Crippen MR) is 110 cm³/mol. The number of benzene rings is 1. The average Bonchev–Trinajstić information content (AvgIpc) is 2.95. The number of nitrogens with zero attached hydrogens (tertiary/aromatic N) is 3. The molecule has 3 aromatic rings. The van der Waals surface area contributed by atoms with Crippen LogP contribution in [0.25, 0.3) is 22.7 Å². The summed E-state index contributed by atoms with van der Waals surface area (Å²) in [6.45, 7) is 8.93. The van der Waals surface area contributed by atoms with Crippen LogP contribution in [0, 0.1) is 0 Å². The van der Waals surface area contributed by atoms with Crippen LogP contribution in [0.4, 0.5) is 0 Å². The third kappa shape index (κ3) is 3.09. The SMILES string of the molecule is C=CCN1CCc2c(c3cc(Cl)ccc3n2/C=C(/C)c2ccncc2)C1. The highest BCUT2D eigenvalue weighted by molar-refractivity contribution is 6.31. The Morgan fingerprint density at radius 1 is 1.27 bits per heavy atom. The molecule has 0 atom stereocenters. The molecule has 1 aliphatic rings. The Hall–Kier alpha value is -2.36. The number of rotatable bonds is 4. The molecule has 0 spiro atoms. The summed E-state index contributed by atoms with van der Waals surface area (Å²) >= 11 is 6.31. The van der Waals surface area contributed by atoms with Crippen LogP contribution in [0.1, 0.15) is 23.7 Å². The van der Waals surface area contributed by atoms with E-state index in [1.54, 1.807) is 0 Å². The van der Waals surface area contributed by atoms with Gasteiger partial charge in [-0.3, -0.25) is 9.88 Å². The van der Waals surface area contributed by atoms with Crippen LogP contribution in [-0.4, -0.2) is 27.5 Å². The van der Waals surface area contributed by atoms with Crippen LogP contribution < -0.4 is 0 Å². The van der Waals surface area contributed by atoms with Gasteiger partial charge < -0.3 is 4.57 Å². The summed E-state index contributed by atoms with van der Waals surface area (Å²) in [6.07, 6.45) is 8.92. The lowest BCUT2D eigenvalue weighted by Crippen LogP contribution is -2.30. The Morgan fingerprint density at radius 2 is 2.08 bits per heavy atom. The molecule has 4 heteroatoms. The number of pyridine rings is 1. The molecule has 4 rings (SSSR count). The van der Waals surface area contributed by atoms with Gasteiger partial charge in [0.05, 0.1) is 5.52 Å². The Balaban J connectivity index is 1.87.